The molecule has 0 unspecified atom stereocenters. The minimum absolute atomic E-state index is 0.0395. The Kier molecular flexibility index (Phi) is 10.0. The highest BCUT2D eigenvalue weighted by atomic mass is 16.5. The molecule has 2 fully saturated rings. The van der Waals surface area contributed by atoms with E-state index < -0.39 is 18.2 Å². The molecule has 0 spiro atoms. The molecule has 0 aliphatic carbocycles. The average Bonchev–Trinajstić information content (AvgIpc) is 4.03. The topological polar surface area (TPSA) is 178 Å². The van der Waals surface area contributed by atoms with E-state index >= 15 is 0 Å². The van der Waals surface area contributed by atoms with Crippen LogP contribution in [0.3, 0.4) is 0 Å². The van der Waals surface area contributed by atoms with Crippen LogP contribution in [0.15, 0.2) is 54.7 Å². The molecule has 4 amide bonds. The SMILES string of the molecule is COC(=O)N[C@H](C(=O)N1CCC[C@H]1c1nc2ccc3cc(-c4ccc5c(ccc6nc([C@@H]7CCCN7C(=O)[C@@H](NC(C)=O)C(C)C)[nH]c65)c4)ncc3c2[nH]1)C(C)C. The number of aromatic amines is 2. The summed E-state index contributed by atoms with van der Waals surface area (Å²) >= 11 is 0. The lowest BCUT2D eigenvalue weighted by molar-refractivity contribution is -0.138. The van der Waals surface area contributed by atoms with Crippen molar-refractivity contribution in [2.45, 2.75) is 84.5 Å². The molecule has 3 aromatic carbocycles. The van der Waals surface area contributed by atoms with E-state index in [2.05, 4.69) is 50.9 Å². The van der Waals surface area contributed by atoms with Gasteiger partial charge in [-0.1, -0.05) is 52.0 Å². The number of likely N-dealkylation sites (tertiary alicyclic amines) is 2. The number of aromatic nitrogens is 5. The van der Waals surface area contributed by atoms with Gasteiger partial charge in [0.1, 0.15) is 23.7 Å². The fraction of sp³-hybridized carbons (Fsp3) is 0.419. The van der Waals surface area contributed by atoms with Crippen LogP contribution in [0.2, 0.25) is 0 Å². The van der Waals surface area contributed by atoms with Crippen LogP contribution < -0.4 is 10.6 Å². The summed E-state index contributed by atoms with van der Waals surface area (Å²) in [5.74, 6) is 0.872. The van der Waals surface area contributed by atoms with E-state index in [1.165, 1.54) is 14.0 Å². The van der Waals surface area contributed by atoms with Crippen molar-refractivity contribution in [2.75, 3.05) is 20.2 Å². The Morgan fingerprint density at radius 3 is 1.82 bits per heavy atom. The molecular formula is C43H49N9O5. The number of imidazole rings is 2. The van der Waals surface area contributed by atoms with Gasteiger partial charge in [0.15, 0.2) is 0 Å². The van der Waals surface area contributed by atoms with Gasteiger partial charge in [-0.05, 0) is 72.6 Å². The van der Waals surface area contributed by atoms with Gasteiger partial charge in [-0.2, -0.15) is 0 Å². The number of benzene rings is 3. The number of ether oxygens (including phenoxy) is 1. The molecule has 57 heavy (non-hydrogen) atoms. The number of pyridine rings is 1. The van der Waals surface area contributed by atoms with E-state index in [0.29, 0.717) is 18.9 Å². The van der Waals surface area contributed by atoms with Crippen LogP contribution in [-0.2, 0) is 19.1 Å². The van der Waals surface area contributed by atoms with Crippen LogP contribution in [0.5, 0.6) is 0 Å². The molecular weight excluding hydrogens is 723 g/mol. The van der Waals surface area contributed by atoms with Crippen molar-refractivity contribution in [3.8, 4) is 11.3 Å². The lowest BCUT2D eigenvalue weighted by atomic mass is 10.0. The summed E-state index contributed by atoms with van der Waals surface area (Å²) in [5, 5.41) is 9.56. The van der Waals surface area contributed by atoms with Gasteiger partial charge in [0.25, 0.3) is 0 Å². The second-order valence-corrected chi connectivity index (χ2v) is 16.0. The van der Waals surface area contributed by atoms with E-state index in [1.54, 1.807) is 0 Å². The molecule has 14 nitrogen and oxygen atoms in total. The molecule has 0 bridgehead atoms. The predicted molar refractivity (Wildman–Crippen MR) is 218 cm³/mol. The summed E-state index contributed by atoms with van der Waals surface area (Å²) in [6, 6.07) is 14.8. The molecule has 5 heterocycles. The molecule has 0 saturated carbocycles. The Balaban J connectivity index is 1.05. The Morgan fingerprint density at radius 1 is 0.737 bits per heavy atom. The Labute approximate surface area is 330 Å². The normalized spacial score (nSPS) is 18.3. The van der Waals surface area contributed by atoms with Gasteiger partial charge in [-0.3, -0.25) is 19.4 Å². The summed E-state index contributed by atoms with van der Waals surface area (Å²) in [7, 11) is 1.29. The van der Waals surface area contributed by atoms with Gasteiger partial charge in [0.05, 0.1) is 47.0 Å². The number of alkyl carbamates (subject to hydrolysis) is 1. The van der Waals surface area contributed by atoms with Gasteiger partial charge < -0.3 is 35.1 Å². The van der Waals surface area contributed by atoms with Gasteiger partial charge in [0.2, 0.25) is 17.7 Å². The van der Waals surface area contributed by atoms with Crippen molar-refractivity contribution in [2.24, 2.45) is 11.8 Å². The van der Waals surface area contributed by atoms with E-state index in [9.17, 15) is 19.2 Å². The highest BCUT2D eigenvalue weighted by molar-refractivity contribution is 6.07. The maximum atomic E-state index is 13.7. The number of amides is 4. The number of methoxy groups -OCH3 is 1. The largest absolute Gasteiger partial charge is 0.453 e. The number of rotatable bonds is 9. The van der Waals surface area contributed by atoms with Crippen molar-refractivity contribution in [3.63, 3.8) is 0 Å². The third-order valence-corrected chi connectivity index (χ3v) is 11.5. The summed E-state index contributed by atoms with van der Waals surface area (Å²) in [5.41, 5.74) is 5.22. The quantitative estimate of drug-likeness (QED) is 0.126. The first-order valence-electron chi connectivity index (χ1n) is 19.9. The van der Waals surface area contributed by atoms with Crippen LogP contribution in [0, 0.1) is 11.8 Å². The van der Waals surface area contributed by atoms with Crippen LogP contribution in [0.1, 0.15) is 84.0 Å². The maximum absolute atomic E-state index is 13.7. The number of carbonyl (C=O) groups excluding carboxylic acids is 4. The third kappa shape index (κ3) is 7.02. The molecule has 8 rings (SSSR count). The van der Waals surface area contributed by atoms with Crippen LogP contribution >= 0.6 is 0 Å². The zero-order valence-corrected chi connectivity index (χ0v) is 33.2. The number of nitrogens with one attached hydrogen (secondary N) is 4. The molecule has 2 aliphatic heterocycles. The average molecular weight is 772 g/mol. The van der Waals surface area contributed by atoms with E-state index in [0.717, 1.165) is 86.4 Å². The van der Waals surface area contributed by atoms with E-state index in [1.807, 2.05) is 61.9 Å². The molecule has 2 aliphatic rings. The fourth-order valence-electron chi connectivity index (χ4n) is 8.60. The number of nitrogens with zero attached hydrogens (tertiary/aromatic N) is 5. The zero-order valence-electron chi connectivity index (χ0n) is 33.2. The number of hydrogen-bond acceptors (Lipinski definition) is 8. The van der Waals surface area contributed by atoms with Crippen molar-refractivity contribution in [1.82, 2.24) is 45.4 Å². The standard InChI is InChI=1S/C43H49N9O5/c1-22(2)35(45-24(5)53)41(54)51-17-7-9-33(51)39-46-30-15-12-25-19-27(11-14-28(25)37(30)48-39)32-20-26-13-16-31-38(29(26)21-44-32)49-40(47-31)34-10-8-18-52(34)42(55)36(23(3)4)50-43(56)57-6/h11-16,19-23,33-36H,7-10,17-18H2,1-6H3,(H,45,53)(H,46,48)(H,47,49)(H,50,56)/t33-,34-,35-,36-/m0/s1. The van der Waals surface area contributed by atoms with Crippen LogP contribution in [0.4, 0.5) is 4.79 Å². The molecule has 296 valence electrons. The van der Waals surface area contributed by atoms with Crippen molar-refractivity contribution in [3.05, 3.63) is 66.4 Å². The Bertz CT molecular complexity index is 2540. The lowest BCUT2D eigenvalue weighted by Crippen LogP contribution is -2.51. The zero-order chi connectivity index (χ0) is 40.1. The lowest BCUT2D eigenvalue weighted by Gasteiger charge is -2.30. The van der Waals surface area contributed by atoms with Crippen LogP contribution in [0.25, 0.3) is 54.9 Å². The second-order valence-electron chi connectivity index (χ2n) is 16.0. The summed E-state index contributed by atoms with van der Waals surface area (Å²) < 4.78 is 4.78. The first-order valence-corrected chi connectivity index (χ1v) is 19.9. The van der Waals surface area contributed by atoms with Crippen molar-refractivity contribution >= 4 is 67.4 Å². The summed E-state index contributed by atoms with van der Waals surface area (Å²) in [6.07, 6.45) is 4.51. The van der Waals surface area contributed by atoms with Crippen molar-refractivity contribution < 1.29 is 23.9 Å². The Hall–Kier alpha value is -6.05. The molecule has 3 aromatic heterocycles. The highest BCUT2D eigenvalue weighted by Gasteiger charge is 2.39. The first kappa shape index (κ1) is 37.9. The predicted octanol–water partition coefficient (Wildman–Crippen LogP) is 6.68. The van der Waals surface area contributed by atoms with E-state index in [4.69, 9.17) is 19.7 Å². The summed E-state index contributed by atoms with van der Waals surface area (Å²) in [4.78, 5) is 76.8. The Morgan fingerprint density at radius 2 is 1.28 bits per heavy atom. The van der Waals surface area contributed by atoms with E-state index in [-0.39, 0.29) is 41.6 Å². The van der Waals surface area contributed by atoms with Gasteiger partial charge >= 0.3 is 6.09 Å². The molecule has 6 aromatic rings. The molecule has 14 heteroatoms. The van der Waals surface area contributed by atoms with Crippen molar-refractivity contribution in [1.29, 1.82) is 0 Å². The third-order valence-electron chi connectivity index (χ3n) is 11.5. The number of fused-ring (bicyclic) bond motifs is 6. The highest BCUT2D eigenvalue weighted by Crippen LogP contribution is 2.37. The van der Waals surface area contributed by atoms with Gasteiger partial charge in [-0.25, -0.2) is 14.8 Å². The molecule has 2 saturated heterocycles. The monoisotopic (exact) mass is 771 g/mol. The first-order chi connectivity index (χ1) is 27.4. The number of H-pyrrole nitrogens is 2. The number of hydrogen-bond donors (Lipinski definition) is 4. The van der Waals surface area contributed by atoms with Gasteiger partial charge in [-0.15, -0.1) is 0 Å². The smallest absolute Gasteiger partial charge is 0.407 e. The van der Waals surface area contributed by atoms with Gasteiger partial charge in [0, 0.05) is 42.5 Å². The fourth-order valence-corrected chi connectivity index (χ4v) is 8.60. The molecule has 4 N–H and O–H groups in total. The number of carbonyl (C=O) groups is 4. The summed E-state index contributed by atoms with van der Waals surface area (Å²) in [6.45, 7) is 10.3. The minimum atomic E-state index is -0.704. The van der Waals surface area contributed by atoms with Crippen LogP contribution in [-0.4, -0.2) is 90.8 Å². The molecule has 0 radical (unpaired) electrons. The minimum Gasteiger partial charge on any atom is -0.453 e. The second kappa shape index (κ2) is 15.1. The maximum Gasteiger partial charge on any atom is 0.407 e. The molecule has 4 atom stereocenters.